The molecule has 0 amide bonds. The Morgan fingerprint density at radius 2 is 2.06 bits per heavy atom. The number of hydrogen-bond donors (Lipinski definition) is 0. The van der Waals surface area contributed by atoms with Crippen molar-refractivity contribution < 1.29 is 4.79 Å². The van der Waals surface area contributed by atoms with Crippen LogP contribution in [0.3, 0.4) is 0 Å². The summed E-state index contributed by atoms with van der Waals surface area (Å²) in [6, 6.07) is 10.1. The molecule has 2 heteroatoms. The van der Waals surface area contributed by atoms with Gasteiger partial charge < -0.3 is 0 Å². The summed E-state index contributed by atoms with van der Waals surface area (Å²) in [5, 5.41) is 1.13. The quantitative estimate of drug-likeness (QED) is 0.801. The van der Waals surface area contributed by atoms with E-state index in [2.05, 4.69) is 11.1 Å². The number of aromatic nitrogens is 1. The standard InChI is InChI=1S/C15H17NO/c1-4-14(17)11(3)15-10(2)9-12-7-5-6-8-13(12)16-15/h5-9,11H,4H2,1-3H3. The second-order valence-electron chi connectivity index (χ2n) is 4.42. The van der Waals surface area contributed by atoms with Crippen LogP contribution >= 0.6 is 0 Å². The Labute approximate surface area is 102 Å². The average Bonchev–Trinajstić information content (AvgIpc) is 2.36. The number of Topliss-reactive ketones (excluding diaryl/α,β-unsaturated/α-hetero) is 1. The summed E-state index contributed by atoms with van der Waals surface area (Å²) in [4.78, 5) is 16.4. The Morgan fingerprint density at radius 1 is 1.35 bits per heavy atom. The molecule has 0 spiro atoms. The zero-order valence-electron chi connectivity index (χ0n) is 10.5. The molecule has 0 saturated carbocycles. The molecule has 0 saturated heterocycles. The van der Waals surface area contributed by atoms with Gasteiger partial charge in [0.1, 0.15) is 5.78 Å². The van der Waals surface area contributed by atoms with Crippen molar-refractivity contribution in [3.63, 3.8) is 0 Å². The van der Waals surface area contributed by atoms with Gasteiger partial charge >= 0.3 is 0 Å². The van der Waals surface area contributed by atoms with Gasteiger partial charge in [-0.05, 0) is 31.5 Å². The van der Waals surface area contributed by atoms with E-state index in [9.17, 15) is 4.79 Å². The molecule has 0 aliphatic carbocycles. The molecule has 1 atom stereocenters. The van der Waals surface area contributed by atoms with Crippen LogP contribution in [-0.4, -0.2) is 10.8 Å². The number of carbonyl (C=O) groups is 1. The van der Waals surface area contributed by atoms with E-state index >= 15 is 0 Å². The van der Waals surface area contributed by atoms with Crippen molar-refractivity contribution in [3.8, 4) is 0 Å². The van der Waals surface area contributed by atoms with Crippen molar-refractivity contribution in [3.05, 3.63) is 41.6 Å². The second kappa shape index (κ2) is 4.66. The highest BCUT2D eigenvalue weighted by molar-refractivity contribution is 5.86. The maximum atomic E-state index is 11.8. The summed E-state index contributed by atoms with van der Waals surface area (Å²) >= 11 is 0. The van der Waals surface area contributed by atoms with Gasteiger partial charge in [0.25, 0.3) is 0 Å². The molecule has 0 aliphatic rings. The van der Waals surface area contributed by atoms with E-state index in [1.165, 1.54) is 0 Å². The number of hydrogen-bond acceptors (Lipinski definition) is 2. The van der Waals surface area contributed by atoms with Gasteiger partial charge in [-0.2, -0.15) is 0 Å². The van der Waals surface area contributed by atoms with Crippen LogP contribution in [0, 0.1) is 6.92 Å². The Bertz CT molecular complexity index is 560. The van der Waals surface area contributed by atoms with Crippen LogP contribution in [-0.2, 0) is 4.79 Å². The Hall–Kier alpha value is -1.70. The Morgan fingerprint density at radius 3 is 2.76 bits per heavy atom. The van der Waals surface area contributed by atoms with E-state index in [1.807, 2.05) is 45.0 Å². The summed E-state index contributed by atoms with van der Waals surface area (Å²) in [5.41, 5.74) is 2.97. The van der Waals surface area contributed by atoms with Gasteiger partial charge in [-0.1, -0.05) is 25.1 Å². The first-order valence-corrected chi connectivity index (χ1v) is 6.02. The van der Waals surface area contributed by atoms with E-state index < -0.39 is 0 Å². The third kappa shape index (κ3) is 2.21. The van der Waals surface area contributed by atoms with Gasteiger partial charge in [-0.25, -0.2) is 0 Å². The van der Waals surface area contributed by atoms with Crippen LogP contribution in [0.25, 0.3) is 10.9 Å². The third-order valence-corrected chi connectivity index (χ3v) is 3.20. The van der Waals surface area contributed by atoms with Crippen LogP contribution in [0.4, 0.5) is 0 Å². The fourth-order valence-electron chi connectivity index (χ4n) is 2.13. The molecule has 0 aliphatic heterocycles. The molecule has 0 fully saturated rings. The molecular formula is C15H17NO. The molecule has 2 nitrogen and oxygen atoms in total. The molecule has 0 radical (unpaired) electrons. The third-order valence-electron chi connectivity index (χ3n) is 3.20. The minimum absolute atomic E-state index is 0.107. The lowest BCUT2D eigenvalue weighted by molar-refractivity contribution is -0.119. The highest BCUT2D eigenvalue weighted by Crippen LogP contribution is 2.23. The minimum Gasteiger partial charge on any atom is -0.299 e. The lowest BCUT2D eigenvalue weighted by Crippen LogP contribution is -2.11. The van der Waals surface area contributed by atoms with Crippen LogP contribution in [0.2, 0.25) is 0 Å². The van der Waals surface area contributed by atoms with Crippen LogP contribution in [0.1, 0.15) is 37.4 Å². The van der Waals surface area contributed by atoms with Gasteiger partial charge in [0, 0.05) is 11.8 Å². The topological polar surface area (TPSA) is 30.0 Å². The SMILES string of the molecule is CCC(=O)C(C)c1nc2ccccc2cc1C. The number of aryl methyl sites for hydroxylation is 1. The number of rotatable bonds is 3. The fraction of sp³-hybridized carbons (Fsp3) is 0.333. The second-order valence-corrected chi connectivity index (χ2v) is 4.42. The first-order chi connectivity index (χ1) is 8.13. The predicted octanol–water partition coefficient (Wildman–Crippen LogP) is 3.63. The number of benzene rings is 1. The Kier molecular flexibility index (Phi) is 3.23. The number of pyridine rings is 1. The van der Waals surface area contributed by atoms with E-state index in [0.717, 1.165) is 22.2 Å². The molecule has 2 aromatic rings. The van der Waals surface area contributed by atoms with Crippen molar-refractivity contribution in [2.75, 3.05) is 0 Å². The van der Waals surface area contributed by atoms with Crippen molar-refractivity contribution >= 4 is 16.7 Å². The summed E-state index contributed by atoms with van der Waals surface area (Å²) in [6.45, 7) is 5.86. The van der Waals surface area contributed by atoms with Crippen molar-refractivity contribution in [1.29, 1.82) is 0 Å². The van der Waals surface area contributed by atoms with Crippen LogP contribution < -0.4 is 0 Å². The zero-order valence-corrected chi connectivity index (χ0v) is 10.5. The fourth-order valence-corrected chi connectivity index (χ4v) is 2.13. The maximum Gasteiger partial charge on any atom is 0.141 e. The monoisotopic (exact) mass is 227 g/mol. The van der Waals surface area contributed by atoms with Gasteiger partial charge in [0.05, 0.1) is 17.1 Å². The van der Waals surface area contributed by atoms with E-state index in [4.69, 9.17) is 0 Å². The molecule has 0 bridgehead atoms. The number of nitrogens with zero attached hydrogens (tertiary/aromatic N) is 1. The number of ketones is 1. The molecule has 1 aromatic heterocycles. The molecule has 0 N–H and O–H groups in total. The van der Waals surface area contributed by atoms with E-state index in [0.29, 0.717) is 6.42 Å². The number of para-hydroxylation sites is 1. The summed E-state index contributed by atoms with van der Waals surface area (Å²) < 4.78 is 0. The van der Waals surface area contributed by atoms with Crippen molar-refractivity contribution in [2.24, 2.45) is 0 Å². The van der Waals surface area contributed by atoms with Gasteiger partial charge in [0.2, 0.25) is 0 Å². The highest BCUT2D eigenvalue weighted by Gasteiger charge is 2.17. The number of carbonyl (C=O) groups excluding carboxylic acids is 1. The van der Waals surface area contributed by atoms with E-state index in [-0.39, 0.29) is 11.7 Å². The molecule has 2 rings (SSSR count). The summed E-state index contributed by atoms with van der Waals surface area (Å²) in [6.07, 6.45) is 0.565. The number of fused-ring (bicyclic) bond motifs is 1. The molecule has 1 unspecified atom stereocenters. The smallest absolute Gasteiger partial charge is 0.141 e. The Balaban J connectivity index is 2.54. The first-order valence-electron chi connectivity index (χ1n) is 6.02. The van der Waals surface area contributed by atoms with Gasteiger partial charge in [0.15, 0.2) is 0 Å². The van der Waals surface area contributed by atoms with E-state index in [1.54, 1.807) is 0 Å². The summed E-state index contributed by atoms with van der Waals surface area (Å²) in [5.74, 6) is 0.139. The van der Waals surface area contributed by atoms with Crippen molar-refractivity contribution in [2.45, 2.75) is 33.1 Å². The average molecular weight is 227 g/mol. The highest BCUT2D eigenvalue weighted by atomic mass is 16.1. The van der Waals surface area contributed by atoms with Gasteiger partial charge in [-0.3, -0.25) is 9.78 Å². The van der Waals surface area contributed by atoms with Crippen LogP contribution in [0.15, 0.2) is 30.3 Å². The molecule has 1 aromatic carbocycles. The lowest BCUT2D eigenvalue weighted by Gasteiger charge is -2.12. The maximum absolute atomic E-state index is 11.8. The zero-order chi connectivity index (χ0) is 12.4. The molecule has 1 heterocycles. The lowest BCUT2D eigenvalue weighted by atomic mass is 9.96. The normalized spacial score (nSPS) is 12.6. The largest absolute Gasteiger partial charge is 0.299 e. The molecule has 88 valence electrons. The predicted molar refractivity (Wildman–Crippen MR) is 70.2 cm³/mol. The summed E-state index contributed by atoms with van der Waals surface area (Å²) in [7, 11) is 0. The molecule has 17 heavy (non-hydrogen) atoms. The van der Waals surface area contributed by atoms with Gasteiger partial charge in [-0.15, -0.1) is 0 Å². The first kappa shape index (κ1) is 11.8. The molecular weight excluding hydrogens is 210 g/mol. The minimum atomic E-state index is -0.107. The van der Waals surface area contributed by atoms with Crippen LogP contribution in [0.5, 0.6) is 0 Å². The van der Waals surface area contributed by atoms with Crippen molar-refractivity contribution in [1.82, 2.24) is 4.98 Å².